The zero-order chi connectivity index (χ0) is 20.8. The minimum Gasteiger partial charge on any atom is -0.349 e. The van der Waals surface area contributed by atoms with Crippen molar-refractivity contribution in [2.45, 2.75) is 25.8 Å². The number of hydrogen-bond donors (Lipinski definition) is 2. The predicted molar refractivity (Wildman–Crippen MR) is 108 cm³/mol. The SMILES string of the molecule is CC(=O)N[C@H](CC(=O)Nc1ncc(Cc2ccc(F)c(F)c2)s1)c1ccccc1. The Labute approximate surface area is 170 Å². The molecule has 0 aliphatic heterocycles. The van der Waals surface area contributed by atoms with Crippen LogP contribution in [0.2, 0.25) is 0 Å². The monoisotopic (exact) mass is 415 g/mol. The van der Waals surface area contributed by atoms with Gasteiger partial charge in [-0.2, -0.15) is 0 Å². The van der Waals surface area contributed by atoms with Crippen molar-refractivity contribution in [3.63, 3.8) is 0 Å². The predicted octanol–water partition coefficient (Wildman–Crippen LogP) is 4.22. The van der Waals surface area contributed by atoms with Crippen LogP contribution in [0.3, 0.4) is 0 Å². The van der Waals surface area contributed by atoms with Gasteiger partial charge in [0.25, 0.3) is 0 Å². The van der Waals surface area contributed by atoms with Crippen molar-refractivity contribution < 1.29 is 18.4 Å². The Morgan fingerprint density at radius 1 is 1.10 bits per heavy atom. The number of carbonyl (C=O) groups is 2. The van der Waals surface area contributed by atoms with E-state index in [-0.39, 0.29) is 18.2 Å². The largest absolute Gasteiger partial charge is 0.349 e. The molecule has 0 aliphatic carbocycles. The van der Waals surface area contributed by atoms with Crippen LogP contribution in [0.15, 0.2) is 54.7 Å². The molecule has 1 atom stereocenters. The van der Waals surface area contributed by atoms with Crippen molar-refractivity contribution in [3.05, 3.63) is 82.4 Å². The molecule has 0 radical (unpaired) electrons. The van der Waals surface area contributed by atoms with E-state index in [9.17, 15) is 18.4 Å². The van der Waals surface area contributed by atoms with Gasteiger partial charge in [-0.1, -0.05) is 36.4 Å². The van der Waals surface area contributed by atoms with Gasteiger partial charge >= 0.3 is 0 Å². The van der Waals surface area contributed by atoms with Gasteiger partial charge in [-0.05, 0) is 23.3 Å². The van der Waals surface area contributed by atoms with Crippen LogP contribution in [-0.4, -0.2) is 16.8 Å². The summed E-state index contributed by atoms with van der Waals surface area (Å²) in [5.41, 5.74) is 1.44. The fourth-order valence-corrected chi connectivity index (χ4v) is 3.70. The molecule has 1 heterocycles. The van der Waals surface area contributed by atoms with Gasteiger partial charge in [-0.25, -0.2) is 13.8 Å². The second kappa shape index (κ2) is 9.38. The molecule has 2 N–H and O–H groups in total. The minimum absolute atomic E-state index is 0.0572. The maximum atomic E-state index is 13.3. The van der Waals surface area contributed by atoms with Gasteiger partial charge in [0.15, 0.2) is 16.8 Å². The van der Waals surface area contributed by atoms with E-state index >= 15 is 0 Å². The molecule has 2 amide bonds. The van der Waals surface area contributed by atoms with Crippen LogP contribution in [0.25, 0.3) is 0 Å². The molecule has 29 heavy (non-hydrogen) atoms. The van der Waals surface area contributed by atoms with Crippen LogP contribution in [0.4, 0.5) is 13.9 Å². The van der Waals surface area contributed by atoms with E-state index < -0.39 is 17.7 Å². The molecule has 150 valence electrons. The number of hydrogen-bond acceptors (Lipinski definition) is 4. The number of benzene rings is 2. The second-order valence-electron chi connectivity index (χ2n) is 6.47. The van der Waals surface area contributed by atoms with Gasteiger partial charge < -0.3 is 10.6 Å². The summed E-state index contributed by atoms with van der Waals surface area (Å²) in [6.45, 7) is 1.40. The number of amides is 2. The Morgan fingerprint density at radius 2 is 1.86 bits per heavy atom. The van der Waals surface area contributed by atoms with E-state index in [1.54, 1.807) is 6.20 Å². The summed E-state index contributed by atoms with van der Waals surface area (Å²) in [7, 11) is 0. The van der Waals surface area contributed by atoms with Crippen LogP contribution in [0.1, 0.15) is 35.4 Å². The van der Waals surface area contributed by atoms with Crippen molar-refractivity contribution in [1.82, 2.24) is 10.3 Å². The standard InChI is InChI=1S/C21H19F2N3O2S/c1-13(27)25-19(15-5-3-2-4-6-15)11-20(28)26-21-24-12-16(29-21)9-14-7-8-17(22)18(23)10-14/h2-8,10,12,19H,9,11H2,1H3,(H,25,27)(H,24,26,28)/t19-/m1/s1. The molecule has 2 aromatic carbocycles. The molecule has 3 aromatic rings. The first-order valence-electron chi connectivity index (χ1n) is 8.91. The molecule has 0 unspecified atom stereocenters. The van der Waals surface area contributed by atoms with E-state index in [0.29, 0.717) is 17.1 Å². The molecule has 0 bridgehead atoms. The molecule has 0 fully saturated rings. The number of halogens is 2. The fourth-order valence-electron chi connectivity index (χ4n) is 2.84. The number of nitrogens with one attached hydrogen (secondary N) is 2. The first kappa shape index (κ1) is 20.6. The number of rotatable bonds is 7. The third-order valence-electron chi connectivity index (χ3n) is 4.13. The quantitative estimate of drug-likeness (QED) is 0.607. The molecule has 3 rings (SSSR count). The normalized spacial score (nSPS) is 11.7. The van der Waals surface area contributed by atoms with Crippen molar-refractivity contribution in [3.8, 4) is 0 Å². The minimum atomic E-state index is -0.898. The van der Waals surface area contributed by atoms with E-state index in [0.717, 1.165) is 22.6 Å². The molecule has 0 saturated carbocycles. The van der Waals surface area contributed by atoms with Crippen molar-refractivity contribution in [2.24, 2.45) is 0 Å². The van der Waals surface area contributed by atoms with E-state index in [1.807, 2.05) is 30.3 Å². The summed E-state index contributed by atoms with van der Waals surface area (Å²) in [6, 6.07) is 12.5. The smallest absolute Gasteiger partial charge is 0.228 e. The lowest BCUT2D eigenvalue weighted by molar-refractivity contribution is -0.120. The number of carbonyl (C=O) groups excluding carboxylic acids is 2. The zero-order valence-corrected chi connectivity index (χ0v) is 16.4. The summed E-state index contributed by atoms with van der Waals surface area (Å²) in [5.74, 6) is -2.31. The molecule has 0 saturated heterocycles. The first-order chi connectivity index (χ1) is 13.9. The summed E-state index contributed by atoms with van der Waals surface area (Å²) in [5, 5.41) is 5.91. The lowest BCUT2D eigenvalue weighted by atomic mass is 10.0. The summed E-state index contributed by atoms with van der Waals surface area (Å²) >= 11 is 1.26. The Balaban J connectivity index is 1.62. The van der Waals surface area contributed by atoms with Crippen molar-refractivity contribution >= 4 is 28.3 Å². The average Bonchev–Trinajstić information content (AvgIpc) is 3.11. The Kier molecular flexibility index (Phi) is 6.66. The third-order valence-corrected chi connectivity index (χ3v) is 5.04. The topological polar surface area (TPSA) is 71.1 Å². The molecule has 1 aromatic heterocycles. The van der Waals surface area contributed by atoms with E-state index in [2.05, 4.69) is 15.6 Å². The van der Waals surface area contributed by atoms with E-state index in [4.69, 9.17) is 0 Å². The number of thiazole rings is 1. The van der Waals surface area contributed by atoms with Crippen LogP contribution in [-0.2, 0) is 16.0 Å². The second-order valence-corrected chi connectivity index (χ2v) is 7.59. The number of nitrogens with zero attached hydrogens (tertiary/aromatic N) is 1. The van der Waals surface area contributed by atoms with Crippen molar-refractivity contribution in [2.75, 3.05) is 5.32 Å². The maximum Gasteiger partial charge on any atom is 0.228 e. The van der Waals surface area contributed by atoms with Gasteiger partial charge in [-0.15, -0.1) is 11.3 Å². The van der Waals surface area contributed by atoms with Gasteiger partial charge in [0, 0.05) is 24.4 Å². The van der Waals surface area contributed by atoms with Crippen LogP contribution in [0.5, 0.6) is 0 Å². The van der Waals surface area contributed by atoms with Crippen molar-refractivity contribution in [1.29, 1.82) is 0 Å². The summed E-state index contributed by atoms with van der Waals surface area (Å²) < 4.78 is 26.4. The summed E-state index contributed by atoms with van der Waals surface area (Å²) in [4.78, 5) is 28.9. The Bertz CT molecular complexity index is 1010. The van der Waals surface area contributed by atoms with Gasteiger partial charge in [0.2, 0.25) is 11.8 Å². The first-order valence-corrected chi connectivity index (χ1v) is 9.73. The highest BCUT2D eigenvalue weighted by atomic mass is 32.1. The highest BCUT2D eigenvalue weighted by molar-refractivity contribution is 7.15. The molecular weight excluding hydrogens is 396 g/mol. The van der Waals surface area contributed by atoms with Crippen LogP contribution >= 0.6 is 11.3 Å². The van der Waals surface area contributed by atoms with Crippen LogP contribution in [0, 0.1) is 11.6 Å². The molecule has 8 heteroatoms. The maximum absolute atomic E-state index is 13.3. The Morgan fingerprint density at radius 3 is 2.55 bits per heavy atom. The molecular formula is C21H19F2N3O2S. The molecule has 5 nitrogen and oxygen atoms in total. The average molecular weight is 415 g/mol. The number of anilines is 1. The lowest BCUT2D eigenvalue weighted by Crippen LogP contribution is -2.29. The lowest BCUT2D eigenvalue weighted by Gasteiger charge is -2.17. The number of aromatic nitrogens is 1. The molecule has 0 aliphatic rings. The van der Waals surface area contributed by atoms with Crippen LogP contribution < -0.4 is 10.6 Å². The zero-order valence-electron chi connectivity index (χ0n) is 15.6. The fraction of sp³-hybridized carbons (Fsp3) is 0.190. The van der Waals surface area contributed by atoms with Gasteiger partial charge in [0.1, 0.15) is 0 Å². The van der Waals surface area contributed by atoms with Gasteiger partial charge in [-0.3, -0.25) is 9.59 Å². The molecule has 0 spiro atoms. The highest BCUT2D eigenvalue weighted by Gasteiger charge is 2.18. The third kappa shape index (κ3) is 5.92. The highest BCUT2D eigenvalue weighted by Crippen LogP contribution is 2.23. The van der Waals surface area contributed by atoms with Gasteiger partial charge in [0.05, 0.1) is 12.5 Å². The summed E-state index contributed by atoms with van der Waals surface area (Å²) in [6.07, 6.45) is 2.02. The Hall–Kier alpha value is -3.13. The van der Waals surface area contributed by atoms with E-state index in [1.165, 1.54) is 24.3 Å².